The number of ketones is 1. The topological polar surface area (TPSA) is 31.2 Å². The number of hydrogen-bond acceptors (Lipinski definition) is 2. The molecule has 0 radical (unpaired) electrons. The van der Waals surface area contributed by atoms with Crippen molar-refractivity contribution < 1.29 is 9.53 Å². The normalized spacial score (nSPS) is 26.6. The van der Waals surface area contributed by atoms with Crippen LogP contribution in [0.5, 0.6) is 0 Å². The molecule has 110 valence electrons. The molecule has 0 amide bonds. The van der Waals surface area contributed by atoms with E-state index in [0.717, 1.165) is 31.4 Å². The molecule has 2 heterocycles. The number of aryl methyl sites for hydroxylation is 1. The third kappa shape index (κ3) is 2.22. The fourth-order valence-corrected chi connectivity index (χ4v) is 3.89. The smallest absolute Gasteiger partial charge is 0.165 e. The Morgan fingerprint density at radius 3 is 2.80 bits per heavy atom. The maximum absolute atomic E-state index is 12.4. The van der Waals surface area contributed by atoms with E-state index in [-0.39, 0.29) is 5.41 Å². The number of hydrogen-bond donors (Lipinski definition) is 0. The lowest BCUT2D eigenvalue weighted by atomic mass is 9.76. The SMILES string of the molecule is Cc1cc2c(n1C(C)C1CCCO1)CC(C)(C)CC2=O. The number of ether oxygens (including phenoxy) is 1. The monoisotopic (exact) mass is 275 g/mol. The first-order chi connectivity index (χ1) is 9.39. The Hall–Kier alpha value is -1.09. The van der Waals surface area contributed by atoms with E-state index in [1.165, 1.54) is 11.4 Å². The standard InChI is InChI=1S/C17H25NO2/c1-11-8-13-14(9-17(3,4)10-15(13)19)18(11)12(2)16-6-5-7-20-16/h8,12,16H,5-7,9-10H2,1-4H3. The molecule has 0 aromatic carbocycles. The Morgan fingerprint density at radius 2 is 2.15 bits per heavy atom. The minimum atomic E-state index is 0.0723. The van der Waals surface area contributed by atoms with Crippen molar-refractivity contribution in [3.05, 3.63) is 23.0 Å². The van der Waals surface area contributed by atoms with Crippen LogP contribution in [0.4, 0.5) is 0 Å². The van der Waals surface area contributed by atoms with Crippen molar-refractivity contribution in [1.29, 1.82) is 0 Å². The molecule has 0 saturated carbocycles. The van der Waals surface area contributed by atoms with Crippen LogP contribution in [0.1, 0.15) is 67.8 Å². The molecule has 1 aromatic rings. The van der Waals surface area contributed by atoms with E-state index >= 15 is 0 Å². The zero-order chi connectivity index (χ0) is 14.5. The van der Waals surface area contributed by atoms with Gasteiger partial charge in [-0.2, -0.15) is 0 Å². The number of nitrogens with zero attached hydrogens (tertiary/aromatic N) is 1. The van der Waals surface area contributed by atoms with Gasteiger partial charge in [0.2, 0.25) is 0 Å². The predicted octanol–water partition coefficient (Wildman–Crippen LogP) is 3.69. The van der Waals surface area contributed by atoms with Gasteiger partial charge in [-0.3, -0.25) is 4.79 Å². The van der Waals surface area contributed by atoms with Crippen LogP contribution in [0.2, 0.25) is 0 Å². The third-order valence-corrected chi connectivity index (χ3v) is 4.83. The maximum Gasteiger partial charge on any atom is 0.165 e. The van der Waals surface area contributed by atoms with Crippen LogP contribution in [0.25, 0.3) is 0 Å². The number of carbonyl (C=O) groups is 1. The molecule has 1 aliphatic heterocycles. The second-order valence-electron chi connectivity index (χ2n) is 7.25. The Labute approximate surface area is 121 Å². The maximum atomic E-state index is 12.4. The van der Waals surface area contributed by atoms with Crippen LogP contribution >= 0.6 is 0 Å². The van der Waals surface area contributed by atoms with Gasteiger partial charge in [-0.1, -0.05) is 13.8 Å². The minimum Gasteiger partial charge on any atom is -0.376 e. The van der Waals surface area contributed by atoms with Crippen LogP contribution in [-0.2, 0) is 11.2 Å². The fraction of sp³-hybridized carbons (Fsp3) is 0.706. The second-order valence-corrected chi connectivity index (χ2v) is 7.25. The summed E-state index contributed by atoms with van der Waals surface area (Å²) in [5.74, 6) is 0.303. The molecule has 20 heavy (non-hydrogen) atoms. The first kappa shape index (κ1) is 13.9. The van der Waals surface area contributed by atoms with Crippen LogP contribution in [0.15, 0.2) is 6.07 Å². The Balaban J connectivity index is 2.02. The predicted molar refractivity (Wildman–Crippen MR) is 79.3 cm³/mol. The minimum absolute atomic E-state index is 0.0723. The largest absolute Gasteiger partial charge is 0.376 e. The summed E-state index contributed by atoms with van der Waals surface area (Å²) in [4.78, 5) is 12.4. The number of fused-ring (bicyclic) bond motifs is 1. The average Bonchev–Trinajstić information content (AvgIpc) is 2.94. The average molecular weight is 275 g/mol. The molecule has 1 aliphatic carbocycles. The summed E-state index contributed by atoms with van der Waals surface area (Å²) in [5, 5.41) is 0. The molecule has 3 rings (SSSR count). The molecule has 0 N–H and O–H groups in total. The van der Waals surface area contributed by atoms with Crippen LogP contribution < -0.4 is 0 Å². The van der Waals surface area contributed by atoms with E-state index in [2.05, 4.69) is 38.3 Å². The summed E-state index contributed by atoms with van der Waals surface area (Å²) >= 11 is 0. The fourth-order valence-electron chi connectivity index (χ4n) is 3.89. The summed E-state index contributed by atoms with van der Waals surface area (Å²) in [5.41, 5.74) is 3.45. The lowest BCUT2D eigenvalue weighted by Crippen LogP contribution is -2.30. The Kier molecular flexibility index (Phi) is 3.28. The van der Waals surface area contributed by atoms with Gasteiger partial charge in [-0.25, -0.2) is 0 Å². The van der Waals surface area contributed by atoms with Gasteiger partial charge in [0, 0.05) is 30.0 Å². The van der Waals surface area contributed by atoms with Crippen molar-refractivity contribution in [2.45, 2.75) is 65.5 Å². The number of Topliss-reactive ketones (excluding diaryl/α,β-unsaturated/α-hetero) is 1. The van der Waals surface area contributed by atoms with E-state index in [1.807, 2.05) is 0 Å². The van der Waals surface area contributed by atoms with Crippen LogP contribution in [0, 0.1) is 12.3 Å². The van der Waals surface area contributed by atoms with Crippen LogP contribution in [-0.4, -0.2) is 23.1 Å². The van der Waals surface area contributed by atoms with E-state index in [0.29, 0.717) is 24.3 Å². The van der Waals surface area contributed by atoms with Gasteiger partial charge in [0.05, 0.1) is 12.1 Å². The molecular formula is C17H25NO2. The van der Waals surface area contributed by atoms with Gasteiger partial charge in [-0.15, -0.1) is 0 Å². The number of aromatic nitrogens is 1. The lowest BCUT2D eigenvalue weighted by molar-refractivity contribution is 0.0703. The summed E-state index contributed by atoms with van der Waals surface area (Å²) in [6, 6.07) is 2.40. The van der Waals surface area contributed by atoms with E-state index in [4.69, 9.17) is 4.74 Å². The lowest BCUT2D eigenvalue weighted by Gasteiger charge is -2.32. The highest BCUT2D eigenvalue weighted by Crippen LogP contribution is 2.38. The Morgan fingerprint density at radius 1 is 1.40 bits per heavy atom. The molecule has 2 atom stereocenters. The molecular weight excluding hydrogens is 250 g/mol. The Bertz CT molecular complexity index is 535. The first-order valence-electron chi connectivity index (χ1n) is 7.74. The van der Waals surface area contributed by atoms with Crippen molar-refractivity contribution >= 4 is 5.78 Å². The van der Waals surface area contributed by atoms with E-state index in [1.54, 1.807) is 0 Å². The molecule has 1 fully saturated rings. The van der Waals surface area contributed by atoms with Gasteiger partial charge in [0.15, 0.2) is 5.78 Å². The summed E-state index contributed by atoms with van der Waals surface area (Å²) in [7, 11) is 0. The summed E-state index contributed by atoms with van der Waals surface area (Å²) in [6.07, 6.45) is 4.23. The van der Waals surface area contributed by atoms with Gasteiger partial charge < -0.3 is 9.30 Å². The van der Waals surface area contributed by atoms with E-state index in [9.17, 15) is 4.79 Å². The second kappa shape index (κ2) is 4.73. The third-order valence-electron chi connectivity index (χ3n) is 4.83. The van der Waals surface area contributed by atoms with Crippen LogP contribution in [0.3, 0.4) is 0 Å². The first-order valence-corrected chi connectivity index (χ1v) is 7.74. The molecule has 1 aromatic heterocycles. The molecule has 0 spiro atoms. The highest BCUT2D eigenvalue weighted by atomic mass is 16.5. The number of carbonyl (C=O) groups excluding carboxylic acids is 1. The van der Waals surface area contributed by atoms with Gasteiger partial charge in [0.1, 0.15) is 0 Å². The van der Waals surface area contributed by atoms with Crippen molar-refractivity contribution in [3.63, 3.8) is 0 Å². The molecule has 3 nitrogen and oxygen atoms in total. The zero-order valence-corrected chi connectivity index (χ0v) is 13.0. The van der Waals surface area contributed by atoms with Crippen molar-refractivity contribution in [2.75, 3.05) is 6.61 Å². The van der Waals surface area contributed by atoms with Crippen molar-refractivity contribution in [1.82, 2.24) is 4.57 Å². The highest BCUT2D eigenvalue weighted by Gasteiger charge is 2.36. The highest BCUT2D eigenvalue weighted by molar-refractivity contribution is 5.99. The molecule has 2 aliphatic rings. The van der Waals surface area contributed by atoms with Gasteiger partial charge in [-0.05, 0) is 44.6 Å². The summed E-state index contributed by atoms with van der Waals surface area (Å²) < 4.78 is 8.22. The van der Waals surface area contributed by atoms with E-state index < -0.39 is 0 Å². The van der Waals surface area contributed by atoms with Gasteiger partial charge in [0.25, 0.3) is 0 Å². The summed E-state index contributed by atoms with van der Waals surface area (Å²) in [6.45, 7) is 9.61. The van der Waals surface area contributed by atoms with Gasteiger partial charge >= 0.3 is 0 Å². The van der Waals surface area contributed by atoms with Crippen molar-refractivity contribution in [2.24, 2.45) is 5.41 Å². The molecule has 1 saturated heterocycles. The molecule has 2 unspecified atom stereocenters. The molecule has 3 heteroatoms. The number of rotatable bonds is 2. The van der Waals surface area contributed by atoms with Crippen molar-refractivity contribution in [3.8, 4) is 0 Å². The zero-order valence-electron chi connectivity index (χ0n) is 13.0. The molecule has 0 bridgehead atoms. The quantitative estimate of drug-likeness (QED) is 0.824.